The second-order valence-corrected chi connectivity index (χ2v) is 6.82. The standard InChI is InChI=1S/C15H21NO4S/c1-15(2,3)20-14(18)16-5-6-19-9-12(16)13(17)8-11-4-7-21-10-11/h4,7,10,12H,5-6,8-9H2,1-3H3. The Balaban J connectivity index is 2.04. The molecular formula is C15H21NO4S. The Morgan fingerprint density at radius 2 is 2.24 bits per heavy atom. The summed E-state index contributed by atoms with van der Waals surface area (Å²) in [5.74, 6) is -0.0149. The molecule has 6 heteroatoms. The largest absolute Gasteiger partial charge is 0.444 e. The van der Waals surface area contributed by atoms with Crippen molar-refractivity contribution >= 4 is 23.2 Å². The van der Waals surface area contributed by atoms with Gasteiger partial charge in [-0.1, -0.05) is 0 Å². The van der Waals surface area contributed by atoms with Crippen molar-refractivity contribution in [1.29, 1.82) is 0 Å². The van der Waals surface area contributed by atoms with Gasteiger partial charge in [0.05, 0.1) is 13.2 Å². The third kappa shape index (κ3) is 4.54. The van der Waals surface area contributed by atoms with Crippen molar-refractivity contribution in [3.8, 4) is 0 Å². The summed E-state index contributed by atoms with van der Waals surface area (Å²) in [7, 11) is 0. The molecule has 1 amide bonds. The number of rotatable bonds is 3. The quantitative estimate of drug-likeness (QED) is 0.860. The predicted octanol–water partition coefficient (Wildman–Crippen LogP) is 2.50. The minimum absolute atomic E-state index is 0.0149. The molecular weight excluding hydrogens is 290 g/mol. The fourth-order valence-corrected chi connectivity index (χ4v) is 2.79. The van der Waals surface area contributed by atoms with E-state index in [0.29, 0.717) is 19.6 Å². The first-order valence-electron chi connectivity index (χ1n) is 6.98. The maximum absolute atomic E-state index is 12.4. The van der Waals surface area contributed by atoms with Gasteiger partial charge in [0, 0.05) is 13.0 Å². The molecule has 1 unspecified atom stereocenters. The Kier molecular flexibility index (Phi) is 5.00. The Morgan fingerprint density at radius 1 is 1.48 bits per heavy atom. The molecule has 0 spiro atoms. The number of nitrogens with zero attached hydrogens (tertiary/aromatic N) is 1. The number of hydrogen-bond acceptors (Lipinski definition) is 5. The lowest BCUT2D eigenvalue weighted by atomic mass is 10.0. The van der Waals surface area contributed by atoms with Gasteiger partial charge in [0.15, 0.2) is 5.78 Å². The summed E-state index contributed by atoms with van der Waals surface area (Å²) in [5, 5.41) is 3.88. The van der Waals surface area contributed by atoms with Crippen LogP contribution < -0.4 is 0 Å². The first kappa shape index (κ1) is 16.0. The Bertz CT molecular complexity index is 492. The normalized spacial score (nSPS) is 19.4. The van der Waals surface area contributed by atoms with Crippen LogP contribution in [0, 0.1) is 0 Å². The molecule has 0 bridgehead atoms. The number of hydrogen-bond donors (Lipinski definition) is 0. The number of ether oxygens (including phenoxy) is 2. The van der Waals surface area contributed by atoms with Crippen LogP contribution in [0.3, 0.4) is 0 Å². The first-order valence-corrected chi connectivity index (χ1v) is 7.92. The molecule has 1 aromatic rings. The monoisotopic (exact) mass is 311 g/mol. The first-order chi connectivity index (χ1) is 9.87. The molecule has 2 heterocycles. The molecule has 1 aliphatic rings. The highest BCUT2D eigenvalue weighted by atomic mass is 32.1. The molecule has 1 aliphatic heterocycles. The minimum atomic E-state index is -0.573. The molecule has 2 rings (SSSR count). The van der Waals surface area contributed by atoms with Gasteiger partial charge in [-0.3, -0.25) is 9.69 Å². The van der Waals surface area contributed by atoms with E-state index >= 15 is 0 Å². The second-order valence-electron chi connectivity index (χ2n) is 6.04. The number of carbonyl (C=O) groups excluding carboxylic acids is 2. The third-order valence-corrected chi connectivity index (χ3v) is 3.82. The lowest BCUT2D eigenvalue weighted by Crippen LogP contribution is -2.54. The highest BCUT2D eigenvalue weighted by Gasteiger charge is 2.35. The number of Topliss-reactive ketones (excluding diaryl/α,β-unsaturated/α-hetero) is 1. The van der Waals surface area contributed by atoms with Crippen molar-refractivity contribution in [2.45, 2.75) is 38.8 Å². The van der Waals surface area contributed by atoms with Crippen LogP contribution in [-0.2, 0) is 20.7 Å². The van der Waals surface area contributed by atoms with Crippen LogP contribution in [-0.4, -0.2) is 48.2 Å². The molecule has 1 saturated heterocycles. The molecule has 1 fully saturated rings. The highest BCUT2D eigenvalue weighted by molar-refractivity contribution is 7.08. The lowest BCUT2D eigenvalue weighted by Gasteiger charge is -2.35. The van der Waals surface area contributed by atoms with Gasteiger partial charge in [-0.2, -0.15) is 11.3 Å². The van der Waals surface area contributed by atoms with Gasteiger partial charge in [-0.05, 0) is 43.2 Å². The molecule has 21 heavy (non-hydrogen) atoms. The number of amides is 1. The maximum atomic E-state index is 12.4. The van der Waals surface area contributed by atoms with Crippen molar-refractivity contribution in [1.82, 2.24) is 4.90 Å². The van der Waals surface area contributed by atoms with Crippen LogP contribution >= 0.6 is 11.3 Å². The molecule has 0 aromatic carbocycles. The Morgan fingerprint density at radius 3 is 2.86 bits per heavy atom. The van der Waals surface area contributed by atoms with E-state index in [4.69, 9.17) is 9.47 Å². The van der Waals surface area contributed by atoms with E-state index in [1.165, 1.54) is 4.90 Å². The molecule has 5 nitrogen and oxygen atoms in total. The van der Waals surface area contributed by atoms with Crippen molar-refractivity contribution in [3.05, 3.63) is 22.4 Å². The lowest BCUT2D eigenvalue weighted by molar-refractivity contribution is -0.129. The van der Waals surface area contributed by atoms with Gasteiger partial charge >= 0.3 is 6.09 Å². The molecule has 0 saturated carbocycles. The fourth-order valence-electron chi connectivity index (χ4n) is 2.12. The topological polar surface area (TPSA) is 55.8 Å². The number of thiophene rings is 1. The van der Waals surface area contributed by atoms with Crippen LogP contribution in [0.1, 0.15) is 26.3 Å². The summed E-state index contributed by atoms with van der Waals surface area (Å²) in [6.07, 6.45) is -0.133. The molecule has 116 valence electrons. The van der Waals surface area contributed by atoms with Crippen molar-refractivity contribution in [2.75, 3.05) is 19.8 Å². The van der Waals surface area contributed by atoms with Crippen molar-refractivity contribution < 1.29 is 19.1 Å². The van der Waals surface area contributed by atoms with E-state index in [-0.39, 0.29) is 12.4 Å². The summed E-state index contributed by atoms with van der Waals surface area (Å²) < 4.78 is 10.7. The van der Waals surface area contributed by atoms with Gasteiger partial charge < -0.3 is 9.47 Å². The van der Waals surface area contributed by atoms with E-state index in [9.17, 15) is 9.59 Å². The second kappa shape index (κ2) is 6.58. The molecule has 1 aromatic heterocycles. The fraction of sp³-hybridized carbons (Fsp3) is 0.600. The minimum Gasteiger partial charge on any atom is -0.444 e. The van der Waals surface area contributed by atoms with Crippen LogP contribution in [0.15, 0.2) is 16.8 Å². The predicted molar refractivity (Wildman–Crippen MR) is 80.6 cm³/mol. The SMILES string of the molecule is CC(C)(C)OC(=O)N1CCOCC1C(=O)Cc1ccsc1. The Labute approximate surface area is 128 Å². The highest BCUT2D eigenvalue weighted by Crippen LogP contribution is 2.17. The molecule has 1 atom stereocenters. The molecule has 0 aliphatic carbocycles. The summed E-state index contributed by atoms with van der Waals surface area (Å²) in [4.78, 5) is 26.1. The van der Waals surface area contributed by atoms with Crippen molar-refractivity contribution in [3.63, 3.8) is 0 Å². The number of morpholine rings is 1. The summed E-state index contributed by atoms with van der Waals surface area (Å²) >= 11 is 1.55. The van der Waals surface area contributed by atoms with E-state index in [1.807, 2.05) is 37.6 Å². The van der Waals surface area contributed by atoms with E-state index in [1.54, 1.807) is 11.3 Å². The van der Waals surface area contributed by atoms with Crippen LogP contribution in [0.2, 0.25) is 0 Å². The average Bonchev–Trinajstić information content (AvgIpc) is 2.89. The van der Waals surface area contributed by atoms with Gasteiger partial charge in [0.1, 0.15) is 11.6 Å². The number of carbonyl (C=O) groups is 2. The van der Waals surface area contributed by atoms with Crippen LogP contribution in [0.5, 0.6) is 0 Å². The molecule has 0 N–H and O–H groups in total. The summed E-state index contributed by atoms with van der Waals surface area (Å²) in [5.41, 5.74) is 0.399. The maximum Gasteiger partial charge on any atom is 0.411 e. The Hall–Kier alpha value is -1.40. The van der Waals surface area contributed by atoms with E-state index in [2.05, 4.69) is 0 Å². The third-order valence-electron chi connectivity index (χ3n) is 3.09. The van der Waals surface area contributed by atoms with E-state index in [0.717, 1.165) is 5.56 Å². The van der Waals surface area contributed by atoms with Crippen LogP contribution in [0.25, 0.3) is 0 Å². The van der Waals surface area contributed by atoms with Crippen LogP contribution in [0.4, 0.5) is 4.79 Å². The molecule has 0 radical (unpaired) electrons. The summed E-state index contributed by atoms with van der Waals surface area (Å²) in [6.45, 7) is 6.49. The van der Waals surface area contributed by atoms with Gasteiger partial charge in [-0.25, -0.2) is 4.79 Å². The van der Waals surface area contributed by atoms with Gasteiger partial charge in [0.25, 0.3) is 0 Å². The average molecular weight is 311 g/mol. The summed E-state index contributed by atoms with van der Waals surface area (Å²) in [6, 6.07) is 1.36. The van der Waals surface area contributed by atoms with Gasteiger partial charge in [-0.15, -0.1) is 0 Å². The van der Waals surface area contributed by atoms with Gasteiger partial charge in [0.2, 0.25) is 0 Å². The van der Waals surface area contributed by atoms with E-state index < -0.39 is 17.7 Å². The zero-order valence-corrected chi connectivity index (χ0v) is 13.4. The zero-order valence-electron chi connectivity index (χ0n) is 12.6. The number of ketones is 1. The smallest absolute Gasteiger partial charge is 0.411 e. The zero-order chi connectivity index (χ0) is 15.5. The van der Waals surface area contributed by atoms with Crippen molar-refractivity contribution in [2.24, 2.45) is 0 Å².